The van der Waals surface area contributed by atoms with Gasteiger partial charge in [0.15, 0.2) is 0 Å². The molecule has 1 N–H and O–H groups in total. The highest BCUT2D eigenvalue weighted by molar-refractivity contribution is 5.77. The summed E-state index contributed by atoms with van der Waals surface area (Å²) in [4.78, 5) is 4.40. The van der Waals surface area contributed by atoms with Gasteiger partial charge in [-0.1, -0.05) is 48.5 Å². The summed E-state index contributed by atoms with van der Waals surface area (Å²) in [6, 6.07) is 18.8. The van der Waals surface area contributed by atoms with Crippen LogP contribution in [0.15, 0.2) is 67.0 Å². The molecule has 0 radical (unpaired) electrons. The van der Waals surface area contributed by atoms with Crippen molar-refractivity contribution in [3.8, 4) is 11.1 Å². The van der Waals surface area contributed by atoms with Crippen molar-refractivity contribution in [2.24, 2.45) is 0 Å². The smallest absolute Gasteiger partial charge is 0.128 e. The molecule has 0 saturated carbocycles. The Morgan fingerprint density at radius 1 is 1.00 bits per heavy atom. The lowest BCUT2D eigenvalue weighted by Gasteiger charge is -2.12. The summed E-state index contributed by atoms with van der Waals surface area (Å²) in [6.45, 7) is 3.80. The van der Waals surface area contributed by atoms with E-state index in [1.54, 1.807) is 0 Å². The highest BCUT2D eigenvalue weighted by atomic mass is 15.1. The minimum atomic E-state index is 0.727. The van der Waals surface area contributed by atoms with Crippen molar-refractivity contribution in [1.82, 2.24) is 9.55 Å². The normalized spacial score (nSPS) is 10.5. The molecule has 106 valence electrons. The predicted molar refractivity (Wildman–Crippen MR) is 87.1 cm³/mol. The van der Waals surface area contributed by atoms with E-state index in [-0.39, 0.29) is 0 Å². The third-order valence-corrected chi connectivity index (χ3v) is 3.59. The van der Waals surface area contributed by atoms with Gasteiger partial charge in [-0.3, -0.25) is 0 Å². The Kier molecular flexibility index (Phi) is 4.01. The number of rotatable bonds is 5. The zero-order chi connectivity index (χ0) is 14.5. The number of benzene rings is 2. The van der Waals surface area contributed by atoms with E-state index < -0.39 is 0 Å². The molecule has 0 saturated heterocycles. The molecule has 0 unspecified atom stereocenters. The van der Waals surface area contributed by atoms with Crippen LogP contribution in [0.2, 0.25) is 0 Å². The maximum Gasteiger partial charge on any atom is 0.128 e. The lowest BCUT2D eigenvalue weighted by atomic mass is 10.0. The van der Waals surface area contributed by atoms with Gasteiger partial charge >= 0.3 is 0 Å². The molecule has 3 heteroatoms. The van der Waals surface area contributed by atoms with Crippen LogP contribution in [0, 0.1) is 0 Å². The Hall–Kier alpha value is -2.55. The molecule has 0 spiro atoms. The summed E-state index contributed by atoms with van der Waals surface area (Å²) < 4.78 is 2.15. The lowest BCUT2D eigenvalue weighted by molar-refractivity contribution is 0.708. The van der Waals surface area contributed by atoms with Crippen molar-refractivity contribution >= 4 is 5.69 Å². The quantitative estimate of drug-likeness (QED) is 0.758. The third kappa shape index (κ3) is 2.97. The van der Waals surface area contributed by atoms with Crippen LogP contribution in [0.3, 0.4) is 0 Å². The maximum absolute atomic E-state index is 4.40. The standard InChI is InChI=1S/C18H19N3/c1-2-21-13-12-19-18(21)14-20-17-11-7-6-10-16(17)15-8-4-3-5-9-15/h3-13,20H,2,14H2,1H3. The second kappa shape index (κ2) is 6.27. The third-order valence-electron chi connectivity index (χ3n) is 3.59. The van der Waals surface area contributed by atoms with Crippen molar-refractivity contribution in [3.05, 3.63) is 72.8 Å². The van der Waals surface area contributed by atoms with Crippen LogP contribution in [-0.2, 0) is 13.1 Å². The molecule has 3 rings (SSSR count). The molecule has 1 aromatic heterocycles. The van der Waals surface area contributed by atoms with Crippen LogP contribution in [0.1, 0.15) is 12.7 Å². The van der Waals surface area contributed by atoms with E-state index in [1.165, 1.54) is 11.1 Å². The van der Waals surface area contributed by atoms with Crippen LogP contribution in [0.4, 0.5) is 5.69 Å². The Morgan fingerprint density at radius 2 is 1.76 bits per heavy atom. The van der Waals surface area contributed by atoms with Crippen LogP contribution >= 0.6 is 0 Å². The van der Waals surface area contributed by atoms with Gasteiger partial charge in [-0.2, -0.15) is 0 Å². The van der Waals surface area contributed by atoms with Crippen LogP contribution in [-0.4, -0.2) is 9.55 Å². The second-order valence-electron chi connectivity index (χ2n) is 4.89. The average Bonchev–Trinajstić information content (AvgIpc) is 3.01. The molecule has 2 aromatic carbocycles. The Morgan fingerprint density at radius 3 is 2.57 bits per heavy atom. The Balaban J connectivity index is 1.83. The van der Waals surface area contributed by atoms with Crippen molar-refractivity contribution in [2.45, 2.75) is 20.0 Å². The van der Waals surface area contributed by atoms with E-state index in [1.807, 2.05) is 18.5 Å². The number of aromatic nitrogens is 2. The molecule has 0 bridgehead atoms. The largest absolute Gasteiger partial charge is 0.377 e. The molecule has 21 heavy (non-hydrogen) atoms. The zero-order valence-corrected chi connectivity index (χ0v) is 12.2. The second-order valence-corrected chi connectivity index (χ2v) is 4.89. The molecule has 3 nitrogen and oxygen atoms in total. The number of imidazole rings is 1. The molecular weight excluding hydrogens is 258 g/mol. The molecule has 0 aliphatic heterocycles. The number of anilines is 1. The van der Waals surface area contributed by atoms with Gasteiger partial charge in [0.1, 0.15) is 5.82 Å². The highest BCUT2D eigenvalue weighted by Crippen LogP contribution is 2.27. The molecule has 3 aromatic rings. The van der Waals surface area contributed by atoms with Gasteiger partial charge < -0.3 is 9.88 Å². The van der Waals surface area contributed by atoms with E-state index in [0.717, 1.165) is 24.6 Å². The molecule has 0 atom stereocenters. The number of nitrogens with zero attached hydrogens (tertiary/aromatic N) is 2. The van der Waals surface area contributed by atoms with Crippen molar-refractivity contribution in [2.75, 3.05) is 5.32 Å². The fourth-order valence-electron chi connectivity index (χ4n) is 2.48. The fraction of sp³-hybridized carbons (Fsp3) is 0.167. The van der Waals surface area contributed by atoms with Gasteiger partial charge in [0.25, 0.3) is 0 Å². The monoisotopic (exact) mass is 277 g/mol. The first-order valence-electron chi connectivity index (χ1n) is 7.27. The van der Waals surface area contributed by atoms with Gasteiger partial charge in [0.05, 0.1) is 6.54 Å². The molecule has 1 heterocycles. The van der Waals surface area contributed by atoms with E-state index in [9.17, 15) is 0 Å². The number of para-hydroxylation sites is 1. The molecule has 0 amide bonds. The molecular formula is C18H19N3. The molecule has 0 aliphatic carbocycles. The topological polar surface area (TPSA) is 29.9 Å². The minimum absolute atomic E-state index is 0.727. The zero-order valence-electron chi connectivity index (χ0n) is 12.2. The number of hydrogen-bond acceptors (Lipinski definition) is 2. The average molecular weight is 277 g/mol. The van der Waals surface area contributed by atoms with Gasteiger partial charge in [0.2, 0.25) is 0 Å². The Labute approximate surface area is 125 Å². The lowest BCUT2D eigenvalue weighted by Crippen LogP contribution is -2.08. The predicted octanol–water partition coefficient (Wildman–Crippen LogP) is 4.18. The minimum Gasteiger partial charge on any atom is -0.377 e. The van der Waals surface area contributed by atoms with Gasteiger partial charge in [-0.05, 0) is 18.6 Å². The molecule has 0 aliphatic rings. The van der Waals surface area contributed by atoms with Crippen LogP contribution in [0.5, 0.6) is 0 Å². The summed E-state index contributed by atoms with van der Waals surface area (Å²) in [7, 11) is 0. The number of nitrogens with one attached hydrogen (secondary N) is 1. The first kappa shape index (κ1) is 13.4. The van der Waals surface area contributed by atoms with Crippen molar-refractivity contribution in [1.29, 1.82) is 0 Å². The van der Waals surface area contributed by atoms with E-state index in [0.29, 0.717) is 0 Å². The summed E-state index contributed by atoms with van der Waals surface area (Å²) >= 11 is 0. The van der Waals surface area contributed by atoms with Gasteiger partial charge in [-0.15, -0.1) is 0 Å². The van der Waals surface area contributed by atoms with Crippen molar-refractivity contribution in [3.63, 3.8) is 0 Å². The van der Waals surface area contributed by atoms with Crippen molar-refractivity contribution < 1.29 is 0 Å². The number of hydrogen-bond donors (Lipinski definition) is 1. The van der Waals surface area contributed by atoms with E-state index in [2.05, 4.69) is 70.3 Å². The fourth-order valence-corrected chi connectivity index (χ4v) is 2.48. The maximum atomic E-state index is 4.40. The van der Waals surface area contributed by atoms with Gasteiger partial charge in [0, 0.05) is 30.2 Å². The van der Waals surface area contributed by atoms with Crippen LogP contribution in [0.25, 0.3) is 11.1 Å². The summed E-state index contributed by atoms with van der Waals surface area (Å²) in [6.07, 6.45) is 3.86. The summed E-state index contributed by atoms with van der Waals surface area (Å²) in [5.74, 6) is 1.06. The van der Waals surface area contributed by atoms with Gasteiger partial charge in [-0.25, -0.2) is 4.98 Å². The van der Waals surface area contributed by atoms with Crippen LogP contribution < -0.4 is 5.32 Å². The van der Waals surface area contributed by atoms with E-state index in [4.69, 9.17) is 0 Å². The first-order chi connectivity index (χ1) is 10.4. The highest BCUT2D eigenvalue weighted by Gasteiger charge is 2.05. The molecule has 0 fully saturated rings. The summed E-state index contributed by atoms with van der Waals surface area (Å²) in [5.41, 5.74) is 3.57. The van der Waals surface area contributed by atoms with E-state index >= 15 is 0 Å². The SMILES string of the molecule is CCn1ccnc1CNc1ccccc1-c1ccccc1. The Bertz CT molecular complexity index is 701. The number of aryl methyl sites for hydroxylation is 1. The summed E-state index contributed by atoms with van der Waals surface area (Å²) in [5, 5.41) is 3.51. The first-order valence-corrected chi connectivity index (χ1v) is 7.27.